The third kappa shape index (κ3) is 5.90. The van der Waals surface area contributed by atoms with Gasteiger partial charge in [0.2, 0.25) is 15.8 Å². The fourth-order valence-corrected chi connectivity index (χ4v) is 2.57. The molecule has 0 heterocycles. The zero-order valence-electron chi connectivity index (χ0n) is 14.1. The Hall–Kier alpha value is -2.72. The average Bonchev–Trinajstić information content (AvgIpc) is 2.58. The third-order valence-electron chi connectivity index (χ3n) is 3.53. The zero-order valence-corrected chi connectivity index (χ0v) is 14.9. The third-order valence-corrected chi connectivity index (χ3v) is 4.46. The SMILES string of the molecule is Cc1ccc(/C(CC(=O)C(F)(F)F)=N/Nc2ccc(S(N)(=O)=O)cc2)cc1. The molecule has 6 nitrogen and oxygen atoms in total. The van der Waals surface area contributed by atoms with Crippen molar-refractivity contribution in [3.05, 3.63) is 59.7 Å². The van der Waals surface area contributed by atoms with Gasteiger partial charge in [0.15, 0.2) is 0 Å². The lowest BCUT2D eigenvalue weighted by atomic mass is 10.0. The molecule has 10 heteroatoms. The Balaban J connectivity index is 2.29. The van der Waals surface area contributed by atoms with Crippen molar-refractivity contribution in [2.75, 3.05) is 5.43 Å². The van der Waals surface area contributed by atoms with E-state index >= 15 is 0 Å². The minimum atomic E-state index is -4.97. The van der Waals surface area contributed by atoms with Crippen molar-refractivity contribution < 1.29 is 26.4 Å². The van der Waals surface area contributed by atoms with Crippen molar-refractivity contribution in [2.24, 2.45) is 10.2 Å². The summed E-state index contributed by atoms with van der Waals surface area (Å²) >= 11 is 0. The molecule has 0 bridgehead atoms. The van der Waals surface area contributed by atoms with Gasteiger partial charge in [-0.3, -0.25) is 10.2 Å². The van der Waals surface area contributed by atoms with Crippen LogP contribution in [0.1, 0.15) is 17.5 Å². The van der Waals surface area contributed by atoms with Crippen LogP contribution in [-0.4, -0.2) is 26.1 Å². The number of carbonyl (C=O) groups excluding carboxylic acids is 1. The number of primary sulfonamides is 1. The van der Waals surface area contributed by atoms with Crippen LogP contribution in [0, 0.1) is 6.92 Å². The van der Waals surface area contributed by atoms with Gasteiger partial charge < -0.3 is 0 Å². The van der Waals surface area contributed by atoms with Crippen molar-refractivity contribution in [1.82, 2.24) is 0 Å². The number of sulfonamides is 1. The monoisotopic (exact) mass is 399 g/mol. The smallest absolute Gasteiger partial charge is 0.289 e. The highest BCUT2D eigenvalue weighted by molar-refractivity contribution is 7.89. The van der Waals surface area contributed by atoms with E-state index in [-0.39, 0.29) is 10.6 Å². The lowest BCUT2D eigenvalue weighted by Crippen LogP contribution is -2.26. The molecular formula is C17H16F3N3O3S. The van der Waals surface area contributed by atoms with E-state index in [0.29, 0.717) is 11.3 Å². The number of alkyl halides is 3. The molecule has 2 rings (SSSR count). The van der Waals surface area contributed by atoms with Crippen LogP contribution in [0.15, 0.2) is 58.5 Å². The lowest BCUT2D eigenvalue weighted by molar-refractivity contribution is -0.169. The number of anilines is 1. The average molecular weight is 399 g/mol. The second kappa shape index (κ2) is 7.89. The summed E-state index contributed by atoms with van der Waals surface area (Å²) in [6, 6.07) is 11.6. The molecule has 2 aromatic carbocycles. The van der Waals surface area contributed by atoms with E-state index in [2.05, 4.69) is 10.5 Å². The molecule has 0 unspecified atom stereocenters. The van der Waals surface area contributed by atoms with E-state index in [4.69, 9.17) is 5.14 Å². The molecular weight excluding hydrogens is 383 g/mol. The van der Waals surface area contributed by atoms with Crippen LogP contribution in [-0.2, 0) is 14.8 Å². The Morgan fingerprint density at radius 2 is 1.63 bits per heavy atom. The summed E-state index contributed by atoms with van der Waals surface area (Å²) < 4.78 is 60.3. The van der Waals surface area contributed by atoms with Gasteiger partial charge in [-0.1, -0.05) is 29.8 Å². The zero-order chi connectivity index (χ0) is 20.2. The van der Waals surface area contributed by atoms with Crippen molar-refractivity contribution in [3.63, 3.8) is 0 Å². The number of benzene rings is 2. The molecule has 0 saturated carbocycles. The molecule has 0 aliphatic heterocycles. The van der Waals surface area contributed by atoms with Gasteiger partial charge in [-0.05, 0) is 36.8 Å². The number of ketones is 1. The van der Waals surface area contributed by atoms with Crippen LogP contribution in [0.3, 0.4) is 0 Å². The number of hydrogen-bond acceptors (Lipinski definition) is 5. The number of hydrazone groups is 1. The molecule has 3 N–H and O–H groups in total. The number of nitrogens with zero attached hydrogens (tertiary/aromatic N) is 1. The first kappa shape index (κ1) is 20.6. The van der Waals surface area contributed by atoms with Gasteiger partial charge >= 0.3 is 6.18 Å². The summed E-state index contributed by atoms with van der Waals surface area (Å²) in [5.74, 6) is -1.92. The Bertz CT molecular complexity index is 952. The van der Waals surface area contributed by atoms with Gasteiger partial charge in [-0.25, -0.2) is 13.6 Å². The maximum atomic E-state index is 12.6. The molecule has 0 radical (unpaired) electrons. The molecule has 0 aromatic heterocycles. The molecule has 0 spiro atoms. The van der Waals surface area contributed by atoms with E-state index in [9.17, 15) is 26.4 Å². The van der Waals surface area contributed by atoms with Gasteiger partial charge in [0, 0.05) is 0 Å². The van der Waals surface area contributed by atoms with E-state index in [1.165, 1.54) is 24.3 Å². The number of aryl methyl sites for hydroxylation is 1. The minimum absolute atomic E-state index is 0.104. The Morgan fingerprint density at radius 1 is 1.07 bits per heavy atom. The molecule has 27 heavy (non-hydrogen) atoms. The van der Waals surface area contributed by atoms with Crippen LogP contribution in [0.25, 0.3) is 0 Å². The summed E-state index contributed by atoms with van der Waals surface area (Å²) in [6.07, 6.45) is -5.91. The normalized spacial score (nSPS) is 12.7. The first-order chi connectivity index (χ1) is 12.5. The fourth-order valence-electron chi connectivity index (χ4n) is 2.06. The quantitative estimate of drug-likeness (QED) is 0.576. The highest BCUT2D eigenvalue weighted by Crippen LogP contribution is 2.20. The van der Waals surface area contributed by atoms with Gasteiger partial charge in [0.25, 0.3) is 0 Å². The number of hydrogen-bond donors (Lipinski definition) is 2. The minimum Gasteiger partial charge on any atom is -0.289 e. The maximum absolute atomic E-state index is 12.6. The molecule has 0 amide bonds. The Labute approximate surface area is 153 Å². The maximum Gasteiger partial charge on any atom is 0.450 e. The van der Waals surface area contributed by atoms with Gasteiger partial charge in [0.05, 0.1) is 22.7 Å². The summed E-state index contributed by atoms with van der Waals surface area (Å²) in [5.41, 5.74) is 3.98. The predicted octanol–water partition coefficient (Wildman–Crippen LogP) is 2.98. The second-order valence-electron chi connectivity index (χ2n) is 5.70. The first-order valence-electron chi connectivity index (χ1n) is 7.59. The highest BCUT2D eigenvalue weighted by Gasteiger charge is 2.38. The van der Waals surface area contributed by atoms with Crippen molar-refractivity contribution in [1.29, 1.82) is 0 Å². The van der Waals surface area contributed by atoms with Crippen LogP contribution < -0.4 is 10.6 Å². The van der Waals surface area contributed by atoms with Crippen molar-refractivity contribution >= 4 is 27.2 Å². The standard InChI is InChI=1S/C17H16F3N3O3S/c1-11-2-4-12(5-3-11)15(10-16(24)17(18,19)20)23-22-13-6-8-14(9-7-13)27(21,25)26/h2-9,22H,10H2,1H3,(H2,21,25,26)/b23-15+. The Kier molecular flexibility index (Phi) is 6.01. The van der Waals surface area contributed by atoms with Crippen molar-refractivity contribution in [3.8, 4) is 0 Å². The van der Waals surface area contributed by atoms with Crippen molar-refractivity contribution in [2.45, 2.75) is 24.4 Å². The number of carbonyl (C=O) groups is 1. The fraction of sp³-hybridized carbons (Fsp3) is 0.176. The number of rotatable bonds is 6. The molecule has 2 aromatic rings. The molecule has 0 atom stereocenters. The van der Waals surface area contributed by atoms with E-state index < -0.39 is 28.4 Å². The highest BCUT2D eigenvalue weighted by atomic mass is 32.2. The summed E-state index contributed by atoms with van der Waals surface area (Å²) in [4.78, 5) is 11.2. The number of nitrogens with one attached hydrogen (secondary N) is 1. The van der Waals surface area contributed by atoms with Crippen LogP contribution in [0.5, 0.6) is 0 Å². The number of halogens is 3. The molecule has 0 aliphatic rings. The second-order valence-corrected chi connectivity index (χ2v) is 7.26. The topological polar surface area (TPSA) is 102 Å². The Morgan fingerprint density at radius 3 is 2.11 bits per heavy atom. The summed E-state index contributed by atoms with van der Waals surface area (Å²) in [6.45, 7) is 1.81. The van der Waals surface area contributed by atoms with Crippen LogP contribution >= 0.6 is 0 Å². The first-order valence-corrected chi connectivity index (χ1v) is 9.14. The summed E-state index contributed by atoms with van der Waals surface area (Å²) in [5, 5.41) is 8.90. The van der Waals surface area contributed by atoms with E-state index in [0.717, 1.165) is 5.56 Å². The van der Waals surface area contributed by atoms with Crippen LogP contribution in [0.4, 0.5) is 18.9 Å². The number of Topliss-reactive ketones (excluding diaryl/α,β-unsaturated/α-hetero) is 1. The number of nitrogens with two attached hydrogens (primary N) is 1. The van der Waals surface area contributed by atoms with E-state index in [1.807, 2.05) is 6.92 Å². The molecule has 0 aliphatic carbocycles. The van der Waals surface area contributed by atoms with Gasteiger partial charge in [-0.15, -0.1) is 0 Å². The van der Waals surface area contributed by atoms with Gasteiger partial charge in [0.1, 0.15) is 0 Å². The molecule has 0 fully saturated rings. The lowest BCUT2D eigenvalue weighted by Gasteiger charge is -2.10. The molecule has 144 valence electrons. The summed E-state index contributed by atoms with van der Waals surface area (Å²) in [7, 11) is -3.86. The largest absolute Gasteiger partial charge is 0.450 e. The van der Waals surface area contributed by atoms with Crippen LogP contribution in [0.2, 0.25) is 0 Å². The van der Waals surface area contributed by atoms with E-state index in [1.54, 1.807) is 24.3 Å². The molecule has 0 saturated heterocycles. The predicted molar refractivity (Wildman–Crippen MR) is 94.8 cm³/mol. The van der Waals surface area contributed by atoms with Gasteiger partial charge in [-0.2, -0.15) is 18.3 Å².